The number of carbonyl (C=O) groups excluding carboxylic acids is 2. The van der Waals surface area contributed by atoms with Crippen LogP contribution in [0.25, 0.3) is 0 Å². The standard InChI is InChI=1S/C11H14N2O3S/c1-2-16-11(15)4-3-9(14)7-17-10-5-6-12-8-13-10/h5-6,8H,2-4,7H2,1H3. The first-order valence-electron chi connectivity index (χ1n) is 5.28. The lowest BCUT2D eigenvalue weighted by Crippen LogP contribution is -2.09. The summed E-state index contributed by atoms with van der Waals surface area (Å²) in [7, 11) is 0. The van der Waals surface area contributed by atoms with Crippen molar-refractivity contribution in [2.24, 2.45) is 0 Å². The molecule has 0 radical (unpaired) electrons. The molecule has 0 aliphatic carbocycles. The maximum absolute atomic E-state index is 11.5. The first-order valence-corrected chi connectivity index (χ1v) is 6.27. The molecule has 1 aromatic rings. The second-order valence-electron chi connectivity index (χ2n) is 3.18. The van der Waals surface area contributed by atoms with Gasteiger partial charge in [-0.25, -0.2) is 9.97 Å². The molecule has 5 nitrogen and oxygen atoms in total. The molecule has 1 heterocycles. The highest BCUT2D eigenvalue weighted by Gasteiger charge is 2.08. The van der Waals surface area contributed by atoms with E-state index in [9.17, 15) is 9.59 Å². The van der Waals surface area contributed by atoms with Crippen molar-refractivity contribution in [1.29, 1.82) is 0 Å². The molecule has 0 aromatic carbocycles. The van der Waals surface area contributed by atoms with Crippen molar-refractivity contribution < 1.29 is 14.3 Å². The van der Waals surface area contributed by atoms with Crippen molar-refractivity contribution in [2.45, 2.75) is 24.8 Å². The number of hydrogen-bond acceptors (Lipinski definition) is 6. The van der Waals surface area contributed by atoms with E-state index in [2.05, 4.69) is 9.97 Å². The van der Waals surface area contributed by atoms with Gasteiger partial charge in [0.15, 0.2) is 0 Å². The summed E-state index contributed by atoms with van der Waals surface area (Å²) < 4.78 is 4.74. The van der Waals surface area contributed by atoms with Crippen LogP contribution in [-0.2, 0) is 14.3 Å². The molecule has 0 aliphatic rings. The minimum Gasteiger partial charge on any atom is -0.466 e. The monoisotopic (exact) mass is 254 g/mol. The van der Waals surface area contributed by atoms with Gasteiger partial charge in [0, 0.05) is 12.6 Å². The topological polar surface area (TPSA) is 69.2 Å². The number of ketones is 1. The van der Waals surface area contributed by atoms with Crippen molar-refractivity contribution in [2.75, 3.05) is 12.4 Å². The van der Waals surface area contributed by atoms with Gasteiger partial charge >= 0.3 is 5.97 Å². The van der Waals surface area contributed by atoms with Crippen LogP contribution in [-0.4, -0.2) is 34.1 Å². The maximum atomic E-state index is 11.5. The Morgan fingerprint density at radius 1 is 1.41 bits per heavy atom. The zero-order valence-electron chi connectivity index (χ0n) is 9.59. The molecule has 0 fully saturated rings. The lowest BCUT2D eigenvalue weighted by Gasteiger charge is -2.01. The van der Waals surface area contributed by atoms with E-state index in [4.69, 9.17) is 4.74 Å². The Labute approximate surface area is 104 Å². The van der Waals surface area contributed by atoms with Gasteiger partial charge in [-0.3, -0.25) is 9.59 Å². The average Bonchev–Trinajstić information content (AvgIpc) is 2.35. The van der Waals surface area contributed by atoms with Crippen LogP contribution in [0, 0.1) is 0 Å². The van der Waals surface area contributed by atoms with E-state index in [0.29, 0.717) is 12.4 Å². The highest BCUT2D eigenvalue weighted by Crippen LogP contribution is 2.14. The largest absolute Gasteiger partial charge is 0.466 e. The minimum absolute atomic E-state index is 0.0154. The summed E-state index contributed by atoms with van der Waals surface area (Å²) in [5.74, 6) is 0.00529. The van der Waals surface area contributed by atoms with Gasteiger partial charge < -0.3 is 4.74 Å². The molecule has 0 spiro atoms. The third-order valence-electron chi connectivity index (χ3n) is 1.85. The molecule has 0 amide bonds. The predicted molar refractivity (Wildman–Crippen MR) is 63.6 cm³/mol. The fourth-order valence-corrected chi connectivity index (χ4v) is 1.80. The quantitative estimate of drug-likeness (QED) is 0.417. The lowest BCUT2D eigenvalue weighted by atomic mass is 10.2. The summed E-state index contributed by atoms with van der Waals surface area (Å²) in [5, 5.41) is 0.754. The van der Waals surface area contributed by atoms with Crippen molar-refractivity contribution in [1.82, 2.24) is 9.97 Å². The Morgan fingerprint density at radius 3 is 2.88 bits per heavy atom. The maximum Gasteiger partial charge on any atom is 0.306 e. The molecule has 0 saturated carbocycles. The summed E-state index contributed by atoms with van der Waals surface area (Å²) in [4.78, 5) is 30.2. The molecule has 92 valence electrons. The first-order chi connectivity index (χ1) is 8.22. The Kier molecular flexibility index (Phi) is 6.24. The van der Waals surface area contributed by atoms with Gasteiger partial charge in [-0.15, -0.1) is 0 Å². The van der Waals surface area contributed by atoms with Crippen LogP contribution in [0.1, 0.15) is 19.8 Å². The average molecular weight is 254 g/mol. The Morgan fingerprint density at radius 2 is 2.24 bits per heavy atom. The molecule has 0 bridgehead atoms. The number of hydrogen-bond donors (Lipinski definition) is 0. The SMILES string of the molecule is CCOC(=O)CCC(=O)CSc1ccncn1. The zero-order valence-corrected chi connectivity index (χ0v) is 10.4. The number of thioether (sulfide) groups is 1. The van der Waals surface area contributed by atoms with E-state index in [1.807, 2.05) is 0 Å². The summed E-state index contributed by atoms with van der Waals surface area (Å²) in [6, 6.07) is 1.74. The van der Waals surface area contributed by atoms with E-state index in [-0.39, 0.29) is 24.6 Å². The summed E-state index contributed by atoms with van der Waals surface area (Å²) in [6.07, 6.45) is 3.43. The number of nitrogens with zero attached hydrogens (tertiary/aromatic N) is 2. The summed E-state index contributed by atoms with van der Waals surface area (Å²) in [6.45, 7) is 2.09. The highest BCUT2D eigenvalue weighted by molar-refractivity contribution is 7.99. The summed E-state index contributed by atoms with van der Waals surface area (Å²) >= 11 is 1.34. The predicted octanol–water partition coefficient (Wildman–Crippen LogP) is 1.48. The zero-order chi connectivity index (χ0) is 12.5. The number of aromatic nitrogens is 2. The smallest absolute Gasteiger partial charge is 0.306 e. The molecule has 6 heteroatoms. The van der Waals surface area contributed by atoms with E-state index in [1.165, 1.54) is 18.1 Å². The van der Waals surface area contributed by atoms with Gasteiger partial charge in [0.25, 0.3) is 0 Å². The van der Waals surface area contributed by atoms with Crippen LogP contribution >= 0.6 is 11.8 Å². The molecule has 0 saturated heterocycles. The molecule has 1 rings (SSSR count). The molecule has 0 N–H and O–H groups in total. The van der Waals surface area contributed by atoms with Gasteiger partial charge in [-0.1, -0.05) is 11.8 Å². The molecule has 0 aliphatic heterocycles. The molecule has 17 heavy (non-hydrogen) atoms. The van der Waals surface area contributed by atoms with Crippen molar-refractivity contribution in [3.05, 3.63) is 18.6 Å². The van der Waals surface area contributed by atoms with Crippen LogP contribution in [0.2, 0.25) is 0 Å². The number of carbonyl (C=O) groups is 2. The van der Waals surface area contributed by atoms with Crippen LogP contribution in [0.5, 0.6) is 0 Å². The van der Waals surface area contributed by atoms with Gasteiger partial charge in [-0.2, -0.15) is 0 Å². The fraction of sp³-hybridized carbons (Fsp3) is 0.455. The van der Waals surface area contributed by atoms with Crippen molar-refractivity contribution in [3.8, 4) is 0 Å². The number of Topliss-reactive ketones (excluding diaryl/α,β-unsaturated/α-hetero) is 1. The number of esters is 1. The van der Waals surface area contributed by atoms with Gasteiger partial charge in [0.1, 0.15) is 12.1 Å². The fourth-order valence-electron chi connectivity index (χ4n) is 1.07. The minimum atomic E-state index is -0.326. The van der Waals surface area contributed by atoms with Crippen LogP contribution in [0.15, 0.2) is 23.6 Å². The molecular formula is C11H14N2O3S. The Bertz CT molecular complexity index is 370. The Balaban J connectivity index is 2.20. The third-order valence-corrected chi connectivity index (χ3v) is 2.85. The lowest BCUT2D eigenvalue weighted by molar-refractivity contribution is -0.144. The van der Waals surface area contributed by atoms with Gasteiger partial charge in [-0.05, 0) is 13.0 Å². The highest BCUT2D eigenvalue weighted by atomic mass is 32.2. The van der Waals surface area contributed by atoms with Crippen LogP contribution in [0.4, 0.5) is 0 Å². The molecule has 1 aromatic heterocycles. The first kappa shape index (κ1) is 13.6. The Hall–Kier alpha value is -1.43. The van der Waals surface area contributed by atoms with Crippen molar-refractivity contribution >= 4 is 23.5 Å². The number of rotatable bonds is 7. The van der Waals surface area contributed by atoms with E-state index >= 15 is 0 Å². The van der Waals surface area contributed by atoms with E-state index < -0.39 is 0 Å². The van der Waals surface area contributed by atoms with E-state index in [1.54, 1.807) is 19.2 Å². The van der Waals surface area contributed by atoms with Gasteiger partial charge in [0.2, 0.25) is 0 Å². The van der Waals surface area contributed by atoms with Gasteiger partial charge in [0.05, 0.1) is 23.8 Å². The van der Waals surface area contributed by atoms with Crippen molar-refractivity contribution in [3.63, 3.8) is 0 Å². The summed E-state index contributed by atoms with van der Waals surface area (Å²) in [5.41, 5.74) is 0. The van der Waals surface area contributed by atoms with E-state index in [0.717, 1.165) is 5.03 Å². The molecular weight excluding hydrogens is 240 g/mol. The third kappa shape index (κ3) is 6.01. The molecule has 0 unspecified atom stereocenters. The molecule has 0 atom stereocenters. The normalized spacial score (nSPS) is 9.94. The second-order valence-corrected chi connectivity index (χ2v) is 4.18. The van der Waals surface area contributed by atoms with Crippen LogP contribution < -0.4 is 0 Å². The number of ether oxygens (including phenoxy) is 1. The van der Waals surface area contributed by atoms with Crippen LogP contribution in [0.3, 0.4) is 0 Å². The second kappa shape index (κ2) is 7.78.